The summed E-state index contributed by atoms with van der Waals surface area (Å²) in [6.45, 7) is 1.10. The van der Waals surface area contributed by atoms with Crippen molar-refractivity contribution in [3.63, 3.8) is 0 Å². The summed E-state index contributed by atoms with van der Waals surface area (Å²) in [7, 11) is -4.14. The van der Waals surface area contributed by atoms with E-state index in [0.717, 1.165) is 22.0 Å². The molecule has 0 bridgehead atoms. The van der Waals surface area contributed by atoms with Crippen LogP contribution in [0.15, 0.2) is 53.4 Å². The van der Waals surface area contributed by atoms with Crippen LogP contribution < -0.4 is 14.4 Å². The van der Waals surface area contributed by atoms with Gasteiger partial charge < -0.3 is 14.4 Å². The number of halogens is 2. The molecular weight excluding hydrogens is 442 g/mol. The number of fused-ring (bicyclic) bond motifs is 1. The number of hydrogen-bond acceptors (Lipinski definition) is 7. The van der Waals surface area contributed by atoms with Crippen LogP contribution in [0.1, 0.15) is 0 Å². The average Bonchev–Trinajstić information content (AvgIpc) is 3.29. The Labute approximate surface area is 183 Å². The molecular formula is C21H18F2N4O4S. The van der Waals surface area contributed by atoms with Crippen molar-refractivity contribution in [3.8, 4) is 22.8 Å². The second-order valence-electron chi connectivity index (χ2n) is 7.31. The quantitative estimate of drug-likeness (QED) is 0.592. The van der Waals surface area contributed by atoms with E-state index in [-0.39, 0.29) is 19.9 Å². The Balaban J connectivity index is 1.28. The Morgan fingerprint density at radius 3 is 2.38 bits per heavy atom. The van der Waals surface area contributed by atoms with Gasteiger partial charge in [-0.05, 0) is 48.5 Å². The highest BCUT2D eigenvalue weighted by molar-refractivity contribution is 7.89. The van der Waals surface area contributed by atoms with Crippen molar-refractivity contribution in [3.05, 3.63) is 60.2 Å². The fourth-order valence-electron chi connectivity index (χ4n) is 3.68. The number of hydrogen-bond donors (Lipinski definition) is 0. The fourth-order valence-corrected chi connectivity index (χ4v) is 5.17. The molecule has 1 fully saturated rings. The maximum atomic E-state index is 14.0. The maximum Gasteiger partial charge on any atom is 0.246 e. The lowest BCUT2D eigenvalue weighted by atomic mass is 10.1. The summed E-state index contributed by atoms with van der Waals surface area (Å²) in [6.07, 6.45) is 0. The molecule has 2 aliphatic heterocycles. The van der Waals surface area contributed by atoms with Crippen LogP contribution in [-0.4, -0.2) is 55.9 Å². The highest BCUT2D eigenvalue weighted by Gasteiger charge is 2.31. The van der Waals surface area contributed by atoms with Crippen molar-refractivity contribution in [2.24, 2.45) is 0 Å². The van der Waals surface area contributed by atoms with Gasteiger partial charge in [0.25, 0.3) is 0 Å². The number of piperazine rings is 1. The predicted molar refractivity (Wildman–Crippen MR) is 111 cm³/mol. The third-order valence-electron chi connectivity index (χ3n) is 5.39. The molecule has 0 unspecified atom stereocenters. The van der Waals surface area contributed by atoms with E-state index in [0.29, 0.717) is 42.2 Å². The van der Waals surface area contributed by atoms with E-state index in [2.05, 4.69) is 10.2 Å². The first kappa shape index (κ1) is 20.6. The minimum atomic E-state index is -4.14. The van der Waals surface area contributed by atoms with Gasteiger partial charge in [0.15, 0.2) is 17.3 Å². The van der Waals surface area contributed by atoms with E-state index in [1.165, 1.54) is 0 Å². The first-order chi connectivity index (χ1) is 15.4. The van der Waals surface area contributed by atoms with E-state index < -0.39 is 26.6 Å². The Hall–Kier alpha value is -3.31. The first-order valence-electron chi connectivity index (χ1n) is 9.86. The minimum Gasteiger partial charge on any atom is -0.454 e. The SMILES string of the molecule is O=S(=O)(c1cc(F)ccc1F)N1CCN(c2ccc(-c3ccc4c(c3)OCO4)nn2)CC1. The molecule has 3 heterocycles. The molecule has 2 aliphatic rings. The lowest BCUT2D eigenvalue weighted by Gasteiger charge is -2.34. The Morgan fingerprint density at radius 2 is 1.62 bits per heavy atom. The van der Waals surface area contributed by atoms with Crippen LogP contribution in [0.25, 0.3) is 11.3 Å². The van der Waals surface area contributed by atoms with Crippen molar-refractivity contribution in [1.29, 1.82) is 0 Å². The molecule has 0 saturated carbocycles. The van der Waals surface area contributed by atoms with Gasteiger partial charge in [0.05, 0.1) is 5.69 Å². The number of ether oxygens (including phenoxy) is 2. The summed E-state index contributed by atoms with van der Waals surface area (Å²) < 4.78 is 64.8. The zero-order chi connectivity index (χ0) is 22.3. The van der Waals surface area contributed by atoms with Crippen molar-refractivity contribution < 1.29 is 26.7 Å². The fraction of sp³-hybridized carbons (Fsp3) is 0.238. The largest absolute Gasteiger partial charge is 0.454 e. The summed E-state index contributed by atoms with van der Waals surface area (Å²) in [5.41, 5.74) is 1.50. The van der Waals surface area contributed by atoms with E-state index in [1.807, 2.05) is 35.2 Å². The molecule has 0 atom stereocenters. The molecule has 1 saturated heterocycles. The summed E-state index contributed by atoms with van der Waals surface area (Å²) in [5, 5.41) is 8.54. The molecule has 5 rings (SSSR count). The van der Waals surface area contributed by atoms with Crippen LogP contribution in [0.2, 0.25) is 0 Å². The molecule has 0 amide bonds. The number of sulfonamides is 1. The summed E-state index contributed by atoms with van der Waals surface area (Å²) in [6, 6.07) is 11.6. The molecule has 2 aromatic carbocycles. The predicted octanol–water partition coefficient (Wildman–Crippen LogP) is 2.66. The first-order valence-corrected chi connectivity index (χ1v) is 11.3. The van der Waals surface area contributed by atoms with Gasteiger partial charge in [0.1, 0.15) is 16.5 Å². The topological polar surface area (TPSA) is 84.9 Å². The highest BCUT2D eigenvalue weighted by Crippen LogP contribution is 2.35. The van der Waals surface area contributed by atoms with Crippen molar-refractivity contribution in [2.75, 3.05) is 37.9 Å². The molecule has 32 heavy (non-hydrogen) atoms. The van der Waals surface area contributed by atoms with Crippen LogP contribution in [0.4, 0.5) is 14.6 Å². The van der Waals surface area contributed by atoms with E-state index in [4.69, 9.17) is 9.47 Å². The van der Waals surface area contributed by atoms with Crippen LogP contribution >= 0.6 is 0 Å². The van der Waals surface area contributed by atoms with Crippen molar-refractivity contribution in [2.45, 2.75) is 4.90 Å². The Kier molecular flexibility index (Phi) is 5.14. The third-order valence-corrected chi connectivity index (χ3v) is 7.31. The third kappa shape index (κ3) is 3.73. The summed E-state index contributed by atoms with van der Waals surface area (Å²) in [5.74, 6) is 0.161. The maximum absolute atomic E-state index is 14.0. The lowest BCUT2D eigenvalue weighted by molar-refractivity contribution is 0.174. The monoisotopic (exact) mass is 460 g/mol. The summed E-state index contributed by atoms with van der Waals surface area (Å²) in [4.78, 5) is 1.24. The number of nitrogens with zero attached hydrogens (tertiary/aromatic N) is 4. The van der Waals surface area contributed by atoms with Gasteiger partial charge in [-0.15, -0.1) is 10.2 Å². The molecule has 0 aliphatic carbocycles. The molecule has 3 aromatic rings. The van der Waals surface area contributed by atoms with Crippen LogP contribution in [0, 0.1) is 11.6 Å². The average molecular weight is 460 g/mol. The molecule has 11 heteroatoms. The summed E-state index contributed by atoms with van der Waals surface area (Å²) >= 11 is 0. The Bertz CT molecular complexity index is 1260. The molecule has 0 radical (unpaired) electrons. The lowest BCUT2D eigenvalue weighted by Crippen LogP contribution is -2.49. The van der Waals surface area contributed by atoms with Gasteiger partial charge >= 0.3 is 0 Å². The second-order valence-corrected chi connectivity index (χ2v) is 9.22. The normalized spacial score (nSPS) is 16.4. The van der Waals surface area contributed by atoms with Gasteiger partial charge in [-0.3, -0.25) is 0 Å². The molecule has 166 valence electrons. The van der Waals surface area contributed by atoms with Gasteiger partial charge in [-0.25, -0.2) is 17.2 Å². The van der Waals surface area contributed by atoms with Crippen LogP contribution in [-0.2, 0) is 10.0 Å². The zero-order valence-electron chi connectivity index (χ0n) is 16.7. The second kappa shape index (κ2) is 7.99. The van der Waals surface area contributed by atoms with Gasteiger partial charge in [0, 0.05) is 31.7 Å². The van der Waals surface area contributed by atoms with E-state index in [9.17, 15) is 17.2 Å². The van der Waals surface area contributed by atoms with Crippen molar-refractivity contribution in [1.82, 2.24) is 14.5 Å². The zero-order valence-corrected chi connectivity index (χ0v) is 17.6. The number of aromatic nitrogens is 2. The molecule has 0 N–H and O–H groups in total. The van der Waals surface area contributed by atoms with Crippen molar-refractivity contribution >= 4 is 15.8 Å². The number of rotatable bonds is 4. The number of anilines is 1. The molecule has 8 nitrogen and oxygen atoms in total. The van der Waals surface area contributed by atoms with E-state index >= 15 is 0 Å². The molecule has 1 aromatic heterocycles. The minimum absolute atomic E-state index is 0.115. The van der Waals surface area contributed by atoms with Gasteiger partial charge in [-0.2, -0.15) is 4.31 Å². The standard InChI is InChI=1S/C21H18F2N4O4S/c22-15-2-3-16(23)20(12-15)32(28,29)27-9-7-26(8-10-27)21-6-4-17(24-25-21)14-1-5-18-19(11-14)31-13-30-18/h1-6,11-12H,7-10,13H2. The van der Waals surface area contributed by atoms with Crippen LogP contribution in [0.3, 0.4) is 0 Å². The van der Waals surface area contributed by atoms with Gasteiger partial charge in [0.2, 0.25) is 16.8 Å². The smallest absolute Gasteiger partial charge is 0.246 e. The Morgan fingerprint density at radius 1 is 0.844 bits per heavy atom. The number of benzene rings is 2. The van der Waals surface area contributed by atoms with Crippen LogP contribution in [0.5, 0.6) is 11.5 Å². The van der Waals surface area contributed by atoms with Gasteiger partial charge in [-0.1, -0.05) is 0 Å². The molecule has 0 spiro atoms. The highest BCUT2D eigenvalue weighted by atomic mass is 32.2. The van der Waals surface area contributed by atoms with E-state index in [1.54, 1.807) is 0 Å².